The van der Waals surface area contributed by atoms with Gasteiger partial charge in [0, 0.05) is 19.5 Å². The van der Waals surface area contributed by atoms with Crippen molar-refractivity contribution >= 4 is 11.9 Å². The van der Waals surface area contributed by atoms with Crippen LogP contribution in [-0.4, -0.2) is 48.2 Å². The molecule has 24 heavy (non-hydrogen) atoms. The van der Waals surface area contributed by atoms with Gasteiger partial charge in [-0.1, -0.05) is 18.9 Å². The maximum atomic E-state index is 12.5. The van der Waals surface area contributed by atoms with E-state index in [1.54, 1.807) is 23.1 Å². The molecule has 6 nitrogen and oxygen atoms in total. The minimum Gasteiger partial charge on any atom is -0.486 e. The van der Waals surface area contributed by atoms with Crippen molar-refractivity contribution in [3.05, 3.63) is 23.8 Å². The van der Waals surface area contributed by atoms with Crippen LogP contribution in [0.4, 0.5) is 0 Å². The highest BCUT2D eigenvalue weighted by molar-refractivity contribution is 5.86. The molecule has 0 aliphatic carbocycles. The van der Waals surface area contributed by atoms with Gasteiger partial charge in [-0.05, 0) is 30.5 Å². The molecule has 0 bridgehead atoms. The molecule has 0 saturated carbocycles. The normalized spacial score (nSPS) is 18.6. The van der Waals surface area contributed by atoms with Crippen LogP contribution in [0.3, 0.4) is 0 Å². The highest BCUT2D eigenvalue weighted by Crippen LogP contribution is 2.34. The fraction of sp³-hybridized carbons (Fsp3) is 0.556. The maximum absolute atomic E-state index is 12.5. The third-order valence-electron chi connectivity index (χ3n) is 4.60. The average molecular weight is 333 g/mol. The Kier molecular flexibility index (Phi) is 5.23. The van der Waals surface area contributed by atoms with E-state index in [1.807, 2.05) is 0 Å². The molecule has 0 spiro atoms. The lowest BCUT2D eigenvalue weighted by Crippen LogP contribution is -2.34. The summed E-state index contributed by atoms with van der Waals surface area (Å²) in [7, 11) is 0. The monoisotopic (exact) mass is 333 g/mol. The third kappa shape index (κ3) is 3.80. The van der Waals surface area contributed by atoms with Crippen LogP contribution in [-0.2, 0) is 9.59 Å². The summed E-state index contributed by atoms with van der Waals surface area (Å²) >= 11 is 0. The summed E-state index contributed by atoms with van der Waals surface area (Å²) in [6.45, 7) is 2.39. The number of hydrogen-bond donors (Lipinski definition) is 1. The Morgan fingerprint density at radius 3 is 2.38 bits per heavy atom. The molecule has 1 fully saturated rings. The number of rotatable bonds is 4. The van der Waals surface area contributed by atoms with Gasteiger partial charge in [0.15, 0.2) is 11.5 Å². The number of benzene rings is 1. The minimum atomic E-state index is -0.991. The Bertz CT molecular complexity index is 607. The molecule has 3 rings (SSSR count). The van der Waals surface area contributed by atoms with Crippen LogP contribution >= 0.6 is 0 Å². The topological polar surface area (TPSA) is 76.1 Å². The van der Waals surface area contributed by atoms with Crippen LogP contribution in [0.2, 0.25) is 0 Å². The Morgan fingerprint density at radius 1 is 1.04 bits per heavy atom. The zero-order valence-corrected chi connectivity index (χ0v) is 13.7. The van der Waals surface area contributed by atoms with E-state index in [9.17, 15) is 14.7 Å². The number of carboxylic acids is 1. The van der Waals surface area contributed by atoms with Gasteiger partial charge in [0.2, 0.25) is 5.91 Å². The van der Waals surface area contributed by atoms with Gasteiger partial charge in [0.05, 0.1) is 5.92 Å². The number of carboxylic acid groups (broad SMARTS) is 1. The van der Waals surface area contributed by atoms with E-state index in [4.69, 9.17) is 9.47 Å². The molecule has 0 radical (unpaired) electrons. The molecule has 130 valence electrons. The van der Waals surface area contributed by atoms with Crippen molar-refractivity contribution in [1.29, 1.82) is 0 Å². The molecular formula is C18H23NO5. The van der Waals surface area contributed by atoms with Crippen LogP contribution in [0.1, 0.15) is 43.6 Å². The summed E-state index contributed by atoms with van der Waals surface area (Å²) in [6.07, 6.45) is 4.23. The van der Waals surface area contributed by atoms with E-state index >= 15 is 0 Å². The number of carbonyl (C=O) groups is 2. The molecule has 1 N–H and O–H groups in total. The summed E-state index contributed by atoms with van der Waals surface area (Å²) in [5.41, 5.74) is 0.579. The van der Waals surface area contributed by atoms with Gasteiger partial charge in [-0.15, -0.1) is 0 Å². The molecular weight excluding hydrogens is 310 g/mol. The fourth-order valence-corrected chi connectivity index (χ4v) is 3.25. The predicted octanol–water partition coefficient (Wildman–Crippen LogP) is 2.42. The van der Waals surface area contributed by atoms with E-state index < -0.39 is 11.9 Å². The second-order valence-electron chi connectivity index (χ2n) is 6.29. The van der Waals surface area contributed by atoms with Crippen LogP contribution in [0, 0.1) is 0 Å². The number of nitrogens with zero attached hydrogens (tertiary/aromatic N) is 1. The first kappa shape index (κ1) is 16.6. The van der Waals surface area contributed by atoms with Gasteiger partial charge in [-0.2, -0.15) is 0 Å². The Hall–Kier alpha value is -2.24. The molecule has 1 saturated heterocycles. The van der Waals surface area contributed by atoms with Crippen LogP contribution < -0.4 is 9.47 Å². The highest BCUT2D eigenvalue weighted by Gasteiger charge is 2.27. The zero-order chi connectivity index (χ0) is 16.9. The number of aliphatic carboxylic acids is 1. The van der Waals surface area contributed by atoms with Gasteiger partial charge >= 0.3 is 5.97 Å². The second-order valence-corrected chi connectivity index (χ2v) is 6.29. The SMILES string of the molecule is O=C(O)C(CC(=O)N1CCCCCC1)c1ccc2c(c1)OCCO2. The number of likely N-dealkylation sites (tertiary alicyclic amines) is 1. The van der Waals surface area contributed by atoms with Gasteiger partial charge in [0.1, 0.15) is 13.2 Å². The van der Waals surface area contributed by atoms with E-state index in [0.717, 1.165) is 38.8 Å². The molecule has 1 amide bonds. The number of carbonyl (C=O) groups excluding carboxylic acids is 1. The molecule has 2 aliphatic heterocycles. The van der Waals surface area contributed by atoms with Crippen molar-refractivity contribution < 1.29 is 24.2 Å². The molecule has 1 unspecified atom stereocenters. The van der Waals surface area contributed by atoms with Gasteiger partial charge in [-0.25, -0.2) is 0 Å². The number of amides is 1. The van der Waals surface area contributed by atoms with Crippen molar-refractivity contribution in [2.75, 3.05) is 26.3 Å². The van der Waals surface area contributed by atoms with Crippen LogP contribution in [0.5, 0.6) is 11.5 Å². The Labute approximate surface area is 141 Å². The van der Waals surface area contributed by atoms with E-state index in [1.165, 1.54) is 0 Å². The number of ether oxygens (including phenoxy) is 2. The highest BCUT2D eigenvalue weighted by atomic mass is 16.6. The smallest absolute Gasteiger partial charge is 0.311 e. The summed E-state index contributed by atoms with van der Waals surface area (Å²) in [6, 6.07) is 5.11. The standard InChI is InChI=1S/C18H23NO5/c20-17(19-7-3-1-2-4-8-19)12-14(18(21)22)13-5-6-15-16(11-13)24-10-9-23-15/h5-6,11,14H,1-4,7-10,12H2,(H,21,22). The first-order valence-corrected chi connectivity index (χ1v) is 8.55. The van der Waals surface area contributed by atoms with Gasteiger partial charge in [0.25, 0.3) is 0 Å². The van der Waals surface area contributed by atoms with Crippen molar-refractivity contribution in [3.63, 3.8) is 0 Å². The average Bonchev–Trinajstić information content (AvgIpc) is 2.88. The summed E-state index contributed by atoms with van der Waals surface area (Å²) in [5, 5.41) is 9.59. The summed E-state index contributed by atoms with van der Waals surface area (Å²) < 4.78 is 11.0. The molecule has 1 aromatic rings. The first-order chi connectivity index (χ1) is 11.6. The second kappa shape index (κ2) is 7.55. The molecule has 1 atom stereocenters. The summed E-state index contributed by atoms with van der Waals surface area (Å²) in [4.78, 5) is 26.1. The molecule has 1 aromatic carbocycles. The Morgan fingerprint density at radius 2 is 1.71 bits per heavy atom. The lowest BCUT2D eigenvalue weighted by molar-refractivity contribution is -0.142. The molecule has 2 heterocycles. The molecule has 2 aliphatic rings. The predicted molar refractivity (Wildman–Crippen MR) is 87.5 cm³/mol. The lowest BCUT2D eigenvalue weighted by Gasteiger charge is -2.23. The fourth-order valence-electron chi connectivity index (χ4n) is 3.25. The van der Waals surface area contributed by atoms with E-state index in [0.29, 0.717) is 30.3 Å². The van der Waals surface area contributed by atoms with E-state index in [-0.39, 0.29) is 12.3 Å². The number of hydrogen-bond acceptors (Lipinski definition) is 4. The maximum Gasteiger partial charge on any atom is 0.311 e. The molecule has 0 aromatic heterocycles. The van der Waals surface area contributed by atoms with Gasteiger partial charge < -0.3 is 19.5 Å². The third-order valence-corrected chi connectivity index (χ3v) is 4.60. The zero-order valence-electron chi connectivity index (χ0n) is 13.7. The van der Waals surface area contributed by atoms with Crippen molar-refractivity contribution in [3.8, 4) is 11.5 Å². The van der Waals surface area contributed by atoms with Crippen molar-refractivity contribution in [2.45, 2.75) is 38.0 Å². The Balaban J connectivity index is 1.74. The quantitative estimate of drug-likeness (QED) is 0.916. The number of fused-ring (bicyclic) bond motifs is 1. The van der Waals surface area contributed by atoms with Crippen molar-refractivity contribution in [1.82, 2.24) is 4.90 Å². The van der Waals surface area contributed by atoms with Gasteiger partial charge in [-0.3, -0.25) is 9.59 Å². The summed E-state index contributed by atoms with van der Waals surface area (Å²) in [5.74, 6) is -0.772. The molecule has 6 heteroatoms. The van der Waals surface area contributed by atoms with Crippen LogP contribution in [0.15, 0.2) is 18.2 Å². The largest absolute Gasteiger partial charge is 0.486 e. The first-order valence-electron chi connectivity index (χ1n) is 8.55. The van der Waals surface area contributed by atoms with E-state index in [2.05, 4.69) is 0 Å². The van der Waals surface area contributed by atoms with Crippen molar-refractivity contribution in [2.24, 2.45) is 0 Å². The lowest BCUT2D eigenvalue weighted by atomic mass is 9.94. The van der Waals surface area contributed by atoms with Crippen LogP contribution in [0.25, 0.3) is 0 Å². The minimum absolute atomic E-state index is 0.0189.